The van der Waals surface area contributed by atoms with E-state index in [1.54, 1.807) is 7.11 Å². The van der Waals surface area contributed by atoms with Gasteiger partial charge < -0.3 is 20.1 Å². The summed E-state index contributed by atoms with van der Waals surface area (Å²) >= 11 is 0. The molecule has 166 valence electrons. The van der Waals surface area contributed by atoms with Gasteiger partial charge in [-0.25, -0.2) is 4.99 Å². The minimum atomic E-state index is 0.555. The maximum absolute atomic E-state index is 5.92. The molecule has 1 heterocycles. The van der Waals surface area contributed by atoms with Gasteiger partial charge in [-0.1, -0.05) is 19.1 Å². The number of ether oxygens (including phenoxy) is 2. The Morgan fingerprint density at radius 2 is 1.93 bits per heavy atom. The second-order valence-corrected chi connectivity index (χ2v) is 7.37. The average molecular weight is 416 g/mol. The van der Waals surface area contributed by atoms with Crippen molar-refractivity contribution in [2.24, 2.45) is 4.99 Å². The summed E-state index contributed by atoms with van der Waals surface area (Å²) in [6.07, 6.45) is 0.984. The molecule has 0 saturated heterocycles. The second-order valence-electron chi connectivity index (χ2n) is 7.37. The Labute approximate surface area is 180 Å². The Kier molecular flexibility index (Phi) is 9.67. The molecule has 0 atom stereocenters. The van der Waals surface area contributed by atoms with Crippen LogP contribution in [-0.2, 0) is 24.4 Å². The normalized spacial score (nSPS) is 11.6. The van der Waals surface area contributed by atoms with Gasteiger partial charge in [-0.05, 0) is 45.7 Å². The Morgan fingerprint density at radius 3 is 2.63 bits per heavy atom. The quantitative estimate of drug-likeness (QED) is 0.434. The number of nitrogens with zero attached hydrogens (tertiary/aromatic N) is 3. The van der Waals surface area contributed by atoms with Crippen LogP contribution in [0.5, 0.6) is 5.75 Å². The first kappa shape index (κ1) is 23.7. The van der Waals surface area contributed by atoms with Crippen molar-refractivity contribution in [1.82, 2.24) is 20.4 Å². The lowest BCUT2D eigenvalue weighted by atomic mass is 10.1. The van der Waals surface area contributed by atoms with E-state index in [1.807, 2.05) is 11.6 Å². The van der Waals surface area contributed by atoms with Crippen molar-refractivity contribution in [2.75, 3.05) is 26.9 Å². The van der Waals surface area contributed by atoms with Crippen LogP contribution in [0.4, 0.5) is 0 Å². The molecule has 2 aromatic rings. The smallest absolute Gasteiger partial charge is 0.191 e. The third-order valence-electron chi connectivity index (χ3n) is 4.91. The van der Waals surface area contributed by atoms with Crippen LogP contribution in [0.25, 0.3) is 0 Å². The minimum Gasteiger partial charge on any atom is -0.493 e. The van der Waals surface area contributed by atoms with Crippen molar-refractivity contribution in [1.29, 1.82) is 0 Å². The molecule has 0 fully saturated rings. The van der Waals surface area contributed by atoms with Crippen LogP contribution in [0, 0.1) is 20.8 Å². The highest BCUT2D eigenvalue weighted by molar-refractivity contribution is 5.79. The number of nitrogens with one attached hydrogen (secondary N) is 2. The molecule has 2 N–H and O–H groups in total. The fraction of sp³-hybridized carbons (Fsp3) is 0.565. The molecule has 0 spiro atoms. The molecule has 0 amide bonds. The lowest BCUT2D eigenvalue weighted by molar-refractivity contribution is 0.182. The number of guanidine groups is 1. The Balaban J connectivity index is 2.10. The Morgan fingerprint density at radius 1 is 1.13 bits per heavy atom. The third-order valence-corrected chi connectivity index (χ3v) is 4.91. The van der Waals surface area contributed by atoms with Crippen molar-refractivity contribution < 1.29 is 9.47 Å². The number of methoxy groups -OCH3 is 1. The molecule has 30 heavy (non-hydrogen) atoms. The zero-order valence-electron chi connectivity index (χ0n) is 19.3. The fourth-order valence-electron chi connectivity index (χ4n) is 3.20. The molecule has 7 heteroatoms. The lowest BCUT2D eigenvalue weighted by Gasteiger charge is -2.14. The van der Waals surface area contributed by atoms with Gasteiger partial charge in [0.2, 0.25) is 0 Å². The van der Waals surface area contributed by atoms with Gasteiger partial charge >= 0.3 is 0 Å². The summed E-state index contributed by atoms with van der Waals surface area (Å²) in [7, 11) is 1.71. The molecule has 0 bridgehead atoms. The summed E-state index contributed by atoms with van der Waals surface area (Å²) in [6, 6.07) is 6.29. The van der Waals surface area contributed by atoms with Crippen molar-refractivity contribution in [3.05, 3.63) is 46.3 Å². The maximum atomic E-state index is 5.92. The SMILES string of the molecule is CCCOc1cc(C)ccc1CN=C(NCC)NCc1c(C)nn(CCOC)c1C. The number of aryl methyl sites for hydroxylation is 2. The summed E-state index contributed by atoms with van der Waals surface area (Å²) in [4.78, 5) is 4.78. The van der Waals surface area contributed by atoms with Crippen LogP contribution in [0.3, 0.4) is 0 Å². The van der Waals surface area contributed by atoms with Crippen LogP contribution in [-0.4, -0.2) is 42.6 Å². The largest absolute Gasteiger partial charge is 0.493 e. The minimum absolute atomic E-state index is 0.555. The van der Waals surface area contributed by atoms with Crippen molar-refractivity contribution in [3.8, 4) is 5.75 Å². The van der Waals surface area contributed by atoms with Gasteiger partial charge in [-0.15, -0.1) is 0 Å². The summed E-state index contributed by atoms with van der Waals surface area (Å²) in [5, 5.41) is 11.4. The first-order valence-electron chi connectivity index (χ1n) is 10.8. The van der Waals surface area contributed by atoms with Gasteiger partial charge in [0.15, 0.2) is 5.96 Å². The summed E-state index contributed by atoms with van der Waals surface area (Å²) < 4.78 is 13.1. The van der Waals surface area contributed by atoms with E-state index in [0.29, 0.717) is 26.3 Å². The summed E-state index contributed by atoms with van der Waals surface area (Å²) in [6.45, 7) is 14.5. The highest BCUT2D eigenvalue weighted by atomic mass is 16.5. The molecule has 7 nitrogen and oxygen atoms in total. The molecule has 2 rings (SSSR count). The van der Waals surface area contributed by atoms with E-state index in [-0.39, 0.29) is 0 Å². The van der Waals surface area contributed by atoms with E-state index in [2.05, 4.69) is 61.6 Å². The predicted octanol–water partition coefficient (Wildman–Crippen LogP) is 3.50. The molecule has 1 aromatic heterocycles. The summed E-state index contributed by atoms with van der Waals surface area (Å²) in [5.41, 5.74) is 5.66. The standard InChI is InChI=1S/C23H37N5O2/c1-7-12-30-22-14-17(3)9-10-20(22)15-25-23(24-8-2)26-16-21-18(4)27-28(19(21)5)11-13-29-6/h9-10,14H,7-8,11-13,15-16H2,1-6H3,(H2,24,25,26). The van der Waals surface area contributed by atoms with Gasteiger partial charge in [0.25, 0.3) is 0 Å². The lowest BCUT2D eigenvalue weighted by Crippen LogP contribution is -2.37. The number of rotatable bonds is 11. The predicted molar refractivity (Wildman–Crippen MR) is 122 cm³/mol. The Bertz CT molecular complexity index is 829. The zero-order chi connectivity index (χ0) is 21.9. The van der Waals surface area contributed by atoms with Crippen LogP contribution < -0.4 is 15.4 Å². The topological polar surface area (TPSA) is 72.7 Å². The van der Waals surface area contributed by atoms with E-state index in [0.717, 1.165) is 48.2 Å². The van der Waals surface area contributed by atoms with Gasteiger partial charge in [0.05, 0.1) is 32.0 Å². The number of aromatic nitrogens is 2. The maximum Gasteiger partial charge on any atom is 0.191 e. The fourth-order valence-corrected chi connectivity index (χ4v) is 3.20. The molecule has 1 aromatic carbocycles. The van der Waals surface area contributed by atoms with E-state index >= 15 is 0 Å². The molecular formula is C23H37N5O2. The first-order chi connectivity index (χ1) is 14.5. The Hall–Kier alpha value is -2.54. The number of benzene rings is 1. The second kappa shape index (κ2) is 12.2. The molecule has 0 aliphatic rings. The monoisotopic (exact) mass is 415 g/mol. The van der Waals surface area contributed by atoms with Crippen molar-refractivity contribution in [2.45, 2.75) is 60.7 Å². The molecule has 0 unspecified atom stereocenters. The van der Waals surface area contributed by atoms with Crippen LogP contribution in [0.1, 0.15) is 48.3 Å². The van der Waals surface area contributed by atoms with Crippen LogP contribution >= 0.6 is 0 Å². The molecule has 0 aliphatic heterocycles. The summed E-state index contributed by atoms with van der Waals surface area (Å²) in [5.74, 6) is 1.70. The van der Waals surface area contributed by atoms with Crippen molar-refractivity contribution in [3.63, 3.8) is 0 Å². The van der Waals surface area contributed by atoms with E-state index in [9.17, 15) is 0 Å². The van der Waals surface area contributed by atoms with Gasteiger partial charge in [-0.3, -0.25) is 4.68 Å². The average Bonchev–Trinajstić information content (AvgIpc) is 3.00. The van der Waals surface area contributed by atoms with E-state index < -0.39 is 0 Å². The highest BCUT2D eigenvalue weighted by Gasteiger charge is 2.12. The number of hydrogen-bond acceptors (Lipinski definition) is 4. The van der Waals surface area contributed by atoms with Crippen LogP contribution in [0.15, 0.2) is 23.2 Å². The van der Waals surface area contributed by atoms with E-state index in [1.165, 1.54) is 11.1 Å². The van der Waals surface area contributed by atoms with Gasteiger partial charge in [0.1, 0.15) is 5.75 Å². The first-order valence-corrected chi connectivity index (χ1v) is 10.8. The molecule has 0 saturated carbocycles. The highest BCUT2D eigenvalue weighted by Crippen LogP contribution is 2.21. The number of hydrogen-bond donors (Lipinski definition) is 2. The zero-order valence-corrected chi connectivity index (χ0v) is 19.3. The molecule has 0 radical (unpaired) electrons. The number of aliphatic imine (C=N–C) groups is 1. The third kappa shape index (κ3) is 6.76. The van der Waals surface area contributed by atoms with Gasteiger partial charge in [-0.2, -0.15) is 5.10 Å². The van der Waals surface area contributed by atoms with E-state index in [4.69, 9.17) is 14.5 Å². The molecular weight excluding hydrogens is 378 g/mol. The van der Waals surface area contributed by atoms with Crippen molar-refractivity contribution >= 4 is 5.96 Å². The van der Waals surface area contributed by atoms with Crippen LogP contribution in [0.2, 0.25) is 0 Å². The molecule has 0 aliphatic carbocycles. The van der Waals surface area contributed by atoms with Gasteiger partial charge in [0, 0.05) is 37.0 Å².